The molecule has 1 amide bonds. The van der Waals surface area contributed by atoms with Gasteiger partial charge in [-0.05, 0) is 12.1 Å². The Balaban J connectivity index is 2.40. The Morgan fingerprint density at radius 3 is 2.43 bits per heavy atom. The van der Waals surface area contributed by atoms with Crippen molar-refractivity contribution in [2.45, 2.75) is 6.04 Å². The van der Waals surface area contributed by atoms with Crippen molar-refractivity contribution in [3.05, 3.63) is 23.8 Å². The normalized spacial score (nSPS) is 18.2. The topological polar surface area (TPSA) is 85.3 Å². The van der Waals surface area contributed by atoms with Crippen LogP contribution in [0.3, 0.4) is 0 Å². The molecule has 0 bridgehead atoms. The first-order chi connectivity index (χ1) is 10.1. The van der Waals surface area contributed by atoms with E-state index in [1.165, 1.54) is 19.1 Å². The van der Waals surface area contributed by atoms with Crippen LogP contribution in [0.15, 0.2) is 18.2 Å². The van der Waals surface area contributed by atoms with Crippen LogP contribution < -0.4 is 9.47 Å². The SMILES string of the molecule is COc1cccc(OC)c1C(=O)N1CCOCC1C(=O)O. The van der Waals surface area contributed by atoms with E-state index < -0.39 is 17.9 Å². The molecule has 7 heteroatoms. The van der Waals surface area contributed by atoms with Crippen LogP contribution in [0.4, 0.5) is 0 Å². The van der Waals surface area contributed by atoms with E-state index in [9.17, 15) is 14.7 Å². The van der Waals surface area contributed by atoms with E-state index in [1.807, 2.05) is 0 Å². The third-order valence-corrected chi connectivity index (χ3v) is 3.32. The number of aliphatic carboxylic acids is 1. The molecule has 1 N–H and O–H groups in total. The Labute approximate surface area is 122 Å². The second-order valence-corrected chi connectivity index (χ2v) is 4.47. The number of benzene rings is 1. The molecule has 0 spiro atoms. The lowest BCUT2D eigenvalue weighted by Gasteiger charge is -2.33. The van der Waals surface area contributed by atoms with Crippen LogP contribution in [0.1, 0.15) is 10.4 Å². The summed E-state index contributed by atoms with van der Waals surface area (Å²) in [7, 11) is 2.89. The Kier molecular flexibility index (Phi) is 4.64. The van der Waals surface area contributed by atoms with Crippen LogP contribution >= 0.6 is 0 Å². The number of carboxylic acids is 1. The number of ether oxygens (including phenoxy) is 3. The molecule has 1 heterocycles. The monoisotopic (exact) mass is 295 g/mol. The van der Waals surface area contributed by atoms with Crippen molar-refractivity contribution in [1.82, 2.24) is 4.90 Å². The molecule has 1 saturated heterocycles. The van der Waals surface area contributed by atoms with E-state index in [0.29, 0.717) is 18.1 Å². The van der Waals surface area contributed by atoms with Crippen LogP contribution in [-0.4, -0.2) is 61.9 Å². The molecule has 1 aliphatic heterocycles. The molecule has 1 fully saturated rings. The van der Waals surface area contributed by atoms with Crippen molar-refractivity contribution >= 4 is 11.9 Å². The predicted octanol–water partition coefficient (Wildman–Crippen LogP) is 0.629. The summed E-state index contributed by atoms with van der Waals surface area (Å²) in [6, 6.07) is 3.95. The highest BCUT2D eigenvalue weighted by atomic mass is 16.5. The van der Waals surface area contributed by atoms with Crippen molar-refractivity contribution in [2.24, 2.45) is 0 Å². The van der Waals surface area contributed by atoms with E-state index in [0.717, 1.165) is 0 Å². The van der Waals surface area contributed by atoms with Crippen molar-refractivity contribution in [3.8, 4) is 11.5 Å². The summed E-state index contributed by atoms with van der Waals surface area (Å²) in [4.78, 5) is 25.3. The summed E-state index contributed by atoms with van der Waals surface area (Å²) in [6.45, 7) is 0.475. The maximum Gasteiger partial charge on any atom is 0.328 e. The molecule has 1 aromatic carbocycles. The van der Waals surface area contributed by atoms with Crippen molar-refractivity contribution in [1.29, 1.82) is 0 Å². The van der Waals surface area contributed by atoms with Gasteiger partial charge in [0.15, 0.2) is 6.04 Å². The van der Waals surface area contributed by atoms with E-state index >= 15 is 0 Å². The van der Waals surface area contributed by atoms with Crippen molar-refractivity contribution < 1.29 is 28.9 Å². The maximum absolute atomic E-state index is 12.7. The van der Waals surface area contributed by atoms with Gasteiger partial charge in [0.2, 0.25) is 0 Å². The molecule has 0 radical (unpaired) electrons. The highest BCUT2D eigenvalue weighted by Crippen LogP contribution is 2.30. The zero-order valence-corrected chi connectivity index (χ0v) is 11.9. The smallest absolute Gasteiger partial charge is 0.328 e. The van der Waals surface area contributed by atoms with Gasteiger partial charge in [0.05, 0.1) is 27.4 Å². The number of carboxylic acid groups (broad SMARTS) is 1. The lowest BCUT2D eigenvalue weighted by molar-refractivity contribution is -0.147. The molecule has 0 aliphatic carbocycles. The maximum atomic E-state index is 12.7. The lowest BCUT2D eigenvalue weighted by Crippen LogP contribution is -2.52. The summed E-state index contributed by atoms with van der Waals surface area (Å²) >= 11 is 0. The average molecular weight is 295 g/mol. The second-order valence-electron chi connectivity index (χ2n) is 4.47. The Bertz CT molecular complexity index is 522. The first-order valence-electron chi connectivity index (χ1n) is 6.42. The molecule has 0 aromatic heterocycles. The van der Waals surface area contributed by atoms with E-state index in [1.54, 1.807) is 18.2 Å². The number of methoxy groups -OCH3 is 2. The Morgan fingerprint density at radius 2 is 1.90 bits per heavy atom. The number of nitrogens with zero attached hydrogens (tertiary/aromatic N) is 1. The third kappa shape index (κ3) is 2.92. The molecule has 21 heavy (non-hydrogen) atoms. The van der Waals surface area contributed by atoms with Gasteiger partial charge in [0, 0.05) is 6.54 Å². The highest BCUT2D eigenvalue weighted by molar-refractivity contribution is 6.01. The molecule has 1 aromatic rings. The summed E-state index contributed by atoms with van der Waals surface area (Å²) < 4.78 is 15.5. The number of carbonyl (C=O) groups is 2. The number of rotatable bonds is 4. The van der Waals surface area contributed by atoms with Gasteiger partial charge in [-0.3, -0.25) is 4.79 Å². The number of morpholine rings is 1. The van der Waals surface area contributed by atoms with Crippen LogP contribution in [0.5, 0.6) is 11.5 Å². The Hall–Kier alpha value is -2.28. The fraction of sp³-hybridized carbons (Fsp3) is 0.429. The third-order valence-electron chi connectivity index (χ3n) is 3.32. The molecule has 2 rings (SSSR count). The zero-order chi connectivity index (χ0) is 15.4. The van der Waals surface area contributed by atoms with E-state index in [4.69, 9.17) is 14.2 Å². The lowest BCUT2D eigenvalue weighted by atomic mass is 10.1. The molecular weight excluding hydrogens is 278 g/mol. The van der Waals surface area contributed by atoms with Gasteiger partial charge < -0.3 is 24.2 Å². The largest absolute Gasteiger partial charge is 0.496 e. The van der Waals surface area contributed by atoms with Crippen molar-refractivity contribution in [3.63, 3.8) is 0 Å². The molecule has 1 unspecified atom stereocenters. The van der Waals surface area contributed by atoms with Crippen molar-refractivity contribution in [2.75, 3.05) is 34.0 Å². The summed E-state index contributed by atoms with van der Waals surface area (Å²) in [6.07, 6.45) is 0. The van der Waals surface area contributed by atoms with Gasteiger partial charge in [0.25, 0.3) is 5.91 Å². The van der Waals surface area contributed by atoms with E-state index in [-0.39, 0.29) is 18.7 Å². The predicted molar refractivity (Wildman–Crippen MR) is 72.8 cm³/mol. The van der Waals surface area contributed by atoms with Gasteiger partial charge in [-0.25, -0.2) is 4.79 Å². The number of hydrogen-bond donors (Lipinski definition) is 1. The number of amides is 1. The first-order valence-corrected chi connectivity index (χ1v) is 6.42. The van der Waals surface area contributed by atoms with Gasteiger partial charge >= 0.3 is 5.97 Å². The standard InChI is InChI=1S/C14H17NO6/c1-19-10-4-3-5-11(20-2)12(10)13(16)15-6-7-21-8-9(15)14(17)18/h3-5,9H,6-8H2,1-2H3,(H,17,18). The van der Waals surface area contributed by atoms with Crippen LogP contribution in [-0.2, 0) is 9.53 Å². The summed E-state index contributed by atoms with van der Waals surface area (Å²) in [5.41, 5.74) is 0.218. The molecule has 0 saturated carbocycles. The van der Waals surface area contributed by atoms with Gasteiger partial charge in [0.1, 0.15) is 17.1 Å². The summed E-state index contributed by atoms with van der Waals surface area (Å²) in [5.74, 6) is -0.859. The average Bonchev–Trinajstić information content (AvgIpc) is 2.53. The minimum atomic E-state index is -1.10. The van der Waals surface area contributed by atoms with Crippen LogP contribution in [0.25, 0.3) is 0 Å². The minimum Gasteiger partial charge on any atom is -0.496 e. The summed E-state index contributed by atoms with van der Waals surface area (Å²) in [5, 5.41) is 9.22. The number of carbonyl (C=O) groups excluding carboxylic acids is 1. The molecule has 1 aliphatic rings. The Morgan fingerprint density at radius 1 is 1.29 bits per heavy atom. The zero-order valence-electron chi connectivity index (χ0n) is 11.9. The fourth-order valence-electron chi connectivity index (χ4n) is 2.26. The molecule has 7 nitrogen and oxygen atoms in total. The number of hydrogen-bond acceptors (Lipinski definition) is 5. The molecular formula is C14H17NO6. The minimum absolute atomic E-state index is 0.0292. The fourth-order valence-corrected chi connectivity index (χ4v) is 2.26. The van der Waals surface area contributed by atoms with Gasteiger partial charge in [-0.2, -0.15) is 0 Å². The molecule has 1 atom stereocenters. The first kappa shape index (κ1) is 15.1. The second kappa shape index (κ2) is 6.45. The van der Waals surface area contributed by atoms with E-state index in [2.05, 4.69) is 0 Å². The molecule has 114 valence electrons. The highest BCUT2D eigenvalue weighted by Gasteiger charge is 2.35. The van der Waals surface area contributed by atoms with Crippen LogP contribution in [0.2, 0.25) is 0 Å². The van der Waals surface area contributed by atoms with Gasteiger partial charge in [-0.1, -0.05) is 6.07 Å². The quantitative estimate of drug-likeness (QED) is 0.877. The van der Waals surface area contributed by atoms with Gasteiger partial charge in [-0.15, -0.1) is 0 Å². The van der Waals surface area contributed by atoms with Crippen LogP contribution in [0, 0.1) is 0 Å².